The molecule has 0 fully saturated rings. The van der Waals surface area contributed by atoms with Crippen LogP contribution in [0.5, 0.6) is 0 Å². The van der Waals surface area contributed by atoms with Crippen molar-refractivity contribution in [2.45, 2.75) is 9.79 Å². The van der Waals surface area contributed by atoms with Gasteiger partial charge in [-0.25, -0.2) is 0 Å². The topological polar surface area (TPSA) is 48.5 Å². The van der Waals surface area contributed by atoms with E-state index < -0.39 is 0 Å². The monoisotopic (exact) mass is 417 g/mol. The highest BCUT2D eigenvalue weighted by Gasteiger charge is 2.30. The van der Waals surface area contributed by atoms with Gasteiger partial charge in [-0.05, 0) is 41.8 Å². The Morgan fingerprint density at radius 3 is 2.19 bits per heavy atom. The van der Waals surface area contributed by atoms with Gasteiger partial charge in [-0.2, -0.15) is 5.26 Å². The minimum absolute atomic E-state index is 0.160. The number of anilines is 2. The zero-order valence-electron chi connectivity index (χ0n) is 16.3. The second kappa shape index (κ2) is 6.76. The molecule has 3 aromatic carbocycles. The summed E-state index contributed by atoms with van der Waals surface area (Å²) in [6, 6.07) is 29.7. The van der Waals surface area contributed by atoms with Crippen molar-refractivity contribution >= 4 is 45.3 Å². The first kappa shape index (κ1) is 17.8. The second-order valence-electron chi connectivity index (χ2n) is 7.35. The van der Waals surface area contributed by atoms with Crippen LogP contribution in [-0.2, 0) is 0 Å². The molecule has 1 aliphatic heterocycles. The van der Waals surface area contributed by atoms with Crippen molar-refractivity contribution in [3.63, 3.8) is 0 Å². The van der Waals surface area contributed by atoms with E-state index in [-0.39, 0.29) is 5.91 Å². The molecule has 0 atom stereocenters. The van der Waals surface area contributed by atoms with Gasteiger partial charge in [-0.1, -0.05) is 60.3 Å². The Balaban J connectivity index is 1.61. The molecule has 0 unspecified atom stereocenters. The summed E-state index contributed by atoms with van der Waals surface area (Å²) in [4.78, 5) is 17.8. The number of para-hydroxylation sites is 2. The zero-order valence-corrected chi connectivity index (χ0v) is 17.1. The molecule has 0 bridgehead atoms. The van der Waals surface area contributed by atoms with E-state index in [0.29, 0.717) is 11.3 Å². The van der Waals surface area contributed by atoms with Crippen LogP contribution in [0.25, 0.3) is 16.3 Å². The largest absolute Gasteiger partial charge is 0.310 e. The van der Waals surface area contributed by atoms with Crippen LogP contribution in [0.15, 0.2) is 101 Å². The lowest BCUT2D eigenvalue weighted by Crippen LogP contribution is -2.29. The van der Waals surface area contributed by atoms with Crippen molar-refractivity contribution in [3.05, 3.63) is 102 Å². The zero-order chi connectivity index (χ0) is 20.9. The smallest absolute Gasteiger partial charge is 0.279 e. The standard InChI is InChI=1S/C26H15N3OS/c27-16-18-15-22(28-14-13-17-7-1-2-8-19(17)25(18)28)26(30)29-20-9-3-5-11-23(20)31-24-12-6-4-10-21(24)29/h1-15H. The van der Waals surface area contributed by atoms with E-state index in [9.17, 15) is 10.1 Å². The van der Waals surface area contributed by atoms with Gasteiger partial charge in [0.1, 0.15) is 11.8 Å². The molecule has 0 saturated heterocycles. The summed E-state index contributed by atoms with van der Waals surface area (Å²) in [7, 11) is 0. The lowest BCUT2D eigenvalue weighted by atomic mass is 10.1. The van der Waals surface area contributed by atoms with Crippen LogP contribution >= 0.6 is 11.8 Å². The number of pyridine rings is 1. The van der Waals surface area contributed by atoms with Gasteiger partial charge in [0.25, 0.3) is 5.91 Å². The Kier molecular flexibility index (Phi) is 3.89. The number of nitriles is 1. The highest BCUT2D eigenvalue weighted by atomic mass is 32.2. The van der Waals surface area contributed by atoms with Crippen LogP contribution in [0.4, 0.5) is 11.4 Å². The average Bonchev–Trinajstić information content (AvgIpc) is 3.21. The van der Waals surface area contributed by atoms with Crippen LogP contribution in [0.3, 0.4) is 0 Å². The Morgan fingerprint density at radius 1 is 0.839 bits per heavy atom. The first-order valence-corrected chi connectivity index (χ1v) is 10.7. The fourth-order valence-electron chi connectivity index (χ4n) is 4.26. The third kappa shape index (κ3) is 2.59. The number of carbonyl (C=O) groups excluding carboxylic acids is 1. The maximum absolute atomic E-state index is 14.0. The number of hydrogen-bond acceptors (Lipinski definition) is 3. The van der Waals surface area contributed by atoms with Crippen LogP contribution in [-0.4, -0.2) is 10.3 Å². The molecule has 4 nitrogen and oxygen atoms in total. The third-order valence-corrected chi connectivity index (χ3v) is 6.76. The van der Waals surface area contributed by atoms with Crippen molar-refractivity contribution in [2.75, 3.05) is 4.90 Å². The maximum atomic E-state index is 14.0. The van der Waals surface area contributed by atoms with Gasteiger partial charge in [0, 0.05) is 21.4 Å². The number of benzene rings is 3. The fraction of sp³-hybridized carbons (Fsp3) is 0. The number of hydrogen-bond donors (Lipinski definition) is 0. The Labute approximate surface area is 183 Å². The molecule has 31 heavy (non-hydrogen) atoms. The molecule has 0 aliphatic carbocycles. The average molecular weight is 417 g/mol. The van der Waals surface area contributed by atoms with Gasteiger partial charge in [-0.3, -0.25) is 9.69 Å². The Bertz CT molecular complexity index is 1520. The minimum Gasteiger partial charge on any atom is -0.310 e. The maximum Gasteiger partial charge on any atom is 0.279 e. The van der Waals surface area contributed by atoms with E-state index in [4.69, 9.17) is 0 Å². The molecular weight excluding hydrogens is 402 g/mol. The molecule has 5 aromatic rings. The predicted molar refractivity (Wildman–Crippen MR) is 123 cm³/mol. The summed E-state index contributed by atoms with van der Waals surface area (Å²) in [5, 5.41) is 11.8. The summed E-state index contributed by atoms with van der Waals surface area (Å²) >= 11 is 1.66. The van der Waals surface area contributed by atoms with Crippen molar-refractivity contribution < 1.29 is 4.79 Å². The van der Waals surface area contributed by atoms with Gasteiger partial charge in [0.15, 0.2) is 0 Å². The lowest BCUT2D eigenvalue weighted by molar-refractivity contribution is 0.0993. The molecule has 0 spiro atoms. The van der Waals surface area contributed by atoms with Gasteiger partial charge < -0.3 is 4.40 Å². The van der Waals surface area contributed by atoms with Crippen molar-refractivity contribution in [2.24, 2.45) is 0 Å². The summed E-state index contributed by atoms with van der Waals surface area (Å²) in [5.74, 6) is -0.160. The van der Waals surface area contributed by atoms with Crippen molar-refractivity contribution in [3.8, 4) is 6.07 Å². The Morgan fingerprint density at radius 2 is 1.48 bits per heavy atom. The first-order chi connectivity index (χ1) is 15.3. The normalized spacial score (nSPS) is 12.4. The van der Waals surface area contributed by atoms with E-state index in [0.717, 1.165) is 37.5 Å². The van der Waals surface area contributed by atoms with Crippen LogP contribution in [0, 0.1) is 11.3 Å². The van der Waals surface area contributed by atoms with E-state index in [1.54, 1.807) is 22.7 Å². The molecule has 6 rings (SSSR count). The van der Waals surface area contributed by atoms with Crippen molar-refractivity contribution in [1.82, 2.24) is 4.40 Å². The SMILES string of the molecule is N#Cc1cc(C(=O)N2c3ccccc3Sc3ccccc32)n2ccc3ccccc3c12. The number of nitrogens with zero attached hydrogens (tertiary/aromatic N) is 3. The van der Waals surface area contributed by atoms with Gasteiger partial charge in [0.2, 0.25) is 0 Å². The highest BCUT2D eigenvalue weighted by Crippen LogP contribution is 2.48. The number of aromatic nitrogens is 1. The molecule has 0 radical (unpaired) electrons. The molecule has 5 heteroatoms. The molecule has 1 amide bonds. The summed E-state index contributed by atoms with van der Waals surface area (Å²) in [6.45, 7) is 0. The molecule has 3 heterocycles. The molecule has 0 N–H and O–H groups in total. The van der Waals surface area contributed by atoms with Crippen LogP contribution in [0.2, 0.25) is 0 Å². The Hall–Kier alpha value is -4.01. The minimum atomic E-state index is -0.160. The predicted octanol–water partition coefficient (Wildman–Crippen LogP) is 6.41. The molecular formula is C26H15N3OS. The molecule has 146 valence electrons. The number of rotatable bonds is 1. The van der Waals surface area contributed by atoms with E-state index in [1.807, 2.05) is 89.5 Å². The van der Waals surface area contributed by atoms with Gasteiger partial charge in [-0.15, -0.1) is 0 Å². The quantitative estimate of drug-likeness (QED) is 0.317. The van der Waals surface area contributed by atoms with Crippen LogP contribution in [0.1, 0.15) is 16.1 Å². The van der Waals surface area contributed by atoms with Gasteiger partial charge in [0.05, 0.1) is 22.5 Å². The van der Waals surface area contributed by atoms with Crippen LogP contribution < -0.4 is 4.90 Å². The number of amides is 1. The second-order valence-corrected chi connectivity index (χ2v) is 8.44. The molecule has 1 aliphatic rings. The molecule has 0 saturated carbocycles. The van der Waals surface area contributed by atoms with Gasteiger partial charge >= 0.3 is 0 Å². The molecule has 2 aromatic heterocycles. The highest BCUT2D eigenvalue weighted by molar-refractivity contribution is 7.99. The van der Waals surface area contributed by atoms with E-state index >= 15 is 0 Å². The van der Waals surface area contributed by atoms with E-state index in [1.165, 1.54) is 0 Å². The van der Waals surface area contributed by atoms with E-state index in [2.05, 4.69) is 6.07 Å². The number of fused-ring (bicyclic) bond motifs is 5. The first-order valence-electron chi connectivity index (χ1n) is 9.89. The fourth-order valence-corrected chi connectivity index (χ4v) is 5.31. The summed E-state index contributed by atoms with van der Waals surface area (Å²) < 4.78 is 1.84. The summed E-state index contributed by atoms with van der Waals surface area (Å²) in [6.07, 6.45) is 1.88. The van der Waals surface area contributed by atoms with Crippen molar-refractivity contribution in [1.29, 1.82) is 5.26 Å². The third-order valence-electron chi connectivity index (χ3n) is 5.63. The lowest BCUT2D eigenvalue weighted by Gasteiger charge is -2.30. The summed E-state index contributed by atoms with van der Waals surface area (Å²) in [5.41, 5.74) is 3.43. The number of carbonyl (C=O) groups is 1.